The van der Waals surface area contributed by atoms with E-state index in [-0.39, 0.29) is 29.8 Å². The molecule has 33 heavy (non-hydrogen) atoms. The first-order valence-electron chi connectivity index (χ1n) is 10.2. The Hall–Kier alpha value is -3.85. The second-order valence-electron chi connectivity index (χ2n) is 7.15. The highest BCUT2D eigenvalue weighted by atomic mass is 32.2. The van der Waals surface area contributed by atoms with Crippen LogP contribution in [0.15, 0.2) is 88.8 Å². The largest absolute Gasteiger partial charge is 0.467 e. The fourth-order valence-corrected chi connectivity index (χ4v) is 3.95. The number of carbonyl (C=O) groups excluding carboxylic acids is 2. The summed E-state index contributed by atoms with van der Waals surface area (Å²) in [5.41, 5.74) is 7.27. The molecular weight excluding hydrogens is 443 g/mol. The minimum Gasteiger partial charge on any atom is -0.467 e. The average molecular weight is 465 g/mol. The van der Waals surface area contributed by atoms with Gasteiger partial charge in [-0.1, -0.05) is 42.1 Å². The van der Waals surface area contributed by atoms with E-state index in [1.807, 2.05) is 41.0 Å². The molecule has 9 heteroatoms. The number of aromatic nitrogens is 2. The first-order valence-corrected chi connectivity index (χ1v) is 11.2. The van der Waals surface area contributed by atoms with Crippen molar-refractivity contribution < 1.29 is 18.4 Å². The molecule has 2 aromatic carbocycles. The van der Waals surface area contributed by atoms with Gasteiger partial charge < -0.3 is 8.98 Å². The highest BCUT2D eigenvalue weighted by Crippen LogP contribution is 2.27. The van der Waals surface area contributed by atoms with E-state index < -0.39 is 0 Å². The predicted octanol–water partition coefficient (Wildman–Crippen LogP) is 3.81. The number of hydrogen-bond donors (Lipinski definition) is 2. The van der Waals surface area contributed by atoms with E-state index in [2.05, 4.69) is 15.8 Å². The second kappa shape index (κ2) is 10.6. The number of rotatable bonds is 8. The highest BCUT2D eigenvalue weighted by Gasteiger charge is 2.16. The van der Waals surface area contributed by atoms with Crippen molar-refractivity contribution in [1.82, 2.24) is 20.4 Å². The van der Waals surface area contributed by atoms with E-state index in [4.69, 9.17) is 4.42 Å². The van der Waals surface area contributed by atoms with Crippen LogP contribution in [0.4, 0.5) is 4.39 Å². The maximum absolute atomic E-state index is 13.4. The summed E-state index contributed by atoms with van der Waals surface area (Å²) in [6.07, 6.45) is 3.43. The minimum atomic E-state index is -0.364. The van der Waals surface area contributed by atoms with E-state index in [0.29, 0.717) is 11.7 Å². The van der Waals surface area contributed by atoms with Gasteiger partial charge in [0.05, 0.1) is 36.9 Å². The molecule has 7 nitrogen and oxygen atoms in total. The molecule has 2 N–H and O–H groups in total. The SMILES string of the molecule is O=C(CSc1ncc(-c2ccc(F)cc2)n1Cc1ccco1)NNC(=O)Cc1ccccc1. The van der Waals surface area contributed by atoms with Crippen LogP contribution in [0.1, 0.15) is 11.3 Å². The first-order chi connectivity index (χ1) is 16.1. The number of halogens is 1. The standard InChI is InChI=1S/C24H21FN4O3S/c25-19-10-8-18(9-11-19)21-14-26-24(29(21)15-20-7-4-12-32-20)33-16-23(31)28-27-22(30)13-17-5-2-1-3-6-17/h1-12,14H,13,15-16H2,(H,27,30)(H,28,31). The Kier molecular flexibility index (Phi) is 7.21. The lowest BCUT2D eigenvalue weighted by atomic mass is 10.1. The number of benzene rings is 2. The molecule has 0 unspecified atom stereocenters. The van der Waals surface area contributed by atoms with Crippen molar-refractivity contribution in [3.05, 3.63) is 96.3 Å². The van der Waals surface area contributed by atoms with Crippen LogP contribution in [0, 0.1) is 5.82 Å². The number of imidazole rings is 1. The summed E-state index contributed by atoms with van der Waals surface area (Å²) in [5.74, 6) is -0.231. The molecule has 0 saturated carbocycles. The monoisotopic (exact) mass is 464 g/mol. The lowest BCUT2D eigenvalue weighted by molar-refractivity contribution is -0.127. The smallest absolute Gasteiger partial charge is 0.248 e. The van der Waals surface area contributed by atoms with Gasteiger partial charge in [-0.2, -0.15) is 0 Å². The van der Waals surface area contributed by atoms with E-state index in [0.717, 1.165) is 22.6 Å². The molecule has 4 aromatic rings. The summed E-state index contributed by atoms with van der Waals surface area (Å²) >= 11 is 1.22. The van der Waals surface area contributed by atoms with Crippen LogP contribution in [-0.4, -0.2) is 27.1 Å². The summed E-state index contributed by atoms with van der Waals surface area (Å²) in [5, 5.41) is 0.594. The Morgan fingerprint density at radius 2 is 1.73 bits per heavy atom. The van der Waals surface area contributed by atoms with Gasteiger partial charge in [-0.15, -0.1) is 0 Å². The third-order valence-corrected chi connectivity index (χ3v) is 5.72. The van der Waals surface area contributed by atoms with Crippen molar-refractivity contribution in [2.45, 2.75) is 18.1 Å². The molecule has 0 saturated heterocycles. The van der Waals surface area contributed by atoms with Gasteiger partial charge in [0.1, 0.15) is 11.6 Å². The Labute approximate surface area is 194 Å². The van der Waals surface area contributed by atoms with Crippen molar-refractivity contribution in [1.29, 1.82) is 0 Å². The Balaban J connectivity index is 1.39. The molecule has 0 aliphatic carbocycles. The number of furan rings is 1. The van der Waals surface area contributed by atoms with Crippen molar-refractivity contribution in [2.24, 2.45) is 0 Å². The van der Waals surface area contributed by atoms with Gasteiger partial charge in [0.25, 0.3) is 0 Å². The number of hydrogen-bond acceptors (Lipinski definition) is 5. The Bertz CT molecular complexity index is 1210. The van der Waals surface area contributed by atoms with Gasteiger partial charge in [-0.25, -0.2) is 9.37 Å². The maximum Gasteiger partial charge on any atom is 0.248 e. The van der Waals surface area contributed by atoms with E-state index >= 15 is 0 Å². The van der Waals surface area contributed by atoms with Crippen molar-refractivity contribution >= 4 is 23.6 Å². The third kappa shape index (κ3) is 6.11. The molecule has 2 heterocycles. The van der Waals surface area contributed by atoms with E-state index in [1.165, 1.54) is 23.9 Å². The predicted molar refractivity (Wildman–Crippen MR) is 123 cm³/mol. The molecule has 0 bridgehead atoms. The van der Waals surface area contributed by atoms with Gasteiger partial charge in [-0.05, 0) is 47.5 Å². The van der Waals surface area contributed by atoms with Crippen molar-refractivity contribution in [3.8, 4) is 11.3 Å². The molecule has 0 spiro atoms. The second-order valence-corrected chi connectivity index (χ2v) is 8.09. The number of hydrazine groups is 1. The number of nitrogens with one attached hydrogen (secondary N) is 2. The summed E-state index contributed by atoms with van der Waals surface area (Å²) in [6.45, 7) is 0.400. The lowest BCUT2D eigenvalue weighted by Crippen LogP contribution is -2.43. The normalized spacial score (nSPS) is 10.7. The lowest BCUT2D eigenvalue weighted by Gasteiger charge is -2.11. The first kappa shape index (κ1) is 22.3. The summed E-state index contributed by atoms with van der Waals surface area (Å²) < 4.78 is 20.7. The van der Waals surface area contributed by atoms with Crippen LogP contribution in [0.5, 0.6) is 0 Å². The van der Waals surface area contributed by atoms with Crippen molar-refractivity contribution in [2.75, 3.05) is 5.75 Å². The molecule has 2 aromatic heterocycles. The molecule has 168 valence electrons. The summed E-state index contributed by atoms with van der Waals surface area (Å²) in [6, 6.07) is 19.0. The zero-order chi connectivity index (χ0) is 23.0. The van der Waals surface area contributed by atoms with E-state index in [1.54, 1.807) is 30.7 Å². The summed E-state index contributed by atoms with van der Waals surface area (Å²) in [4.78, 5) is 28.7. The van der Waals surface area contributed by atoms with Gasteiger partial charge in [0.2, 0.25) is 11.8 Å². The fraction of sp³-hybridized carbons (Fsp3) is 0.125. The molecule has 4 rings (SSSR count). The molecule has 0 atom stereocenters. The van der Waals surface area contributed by atoms with Crippen LogP contribution >= 0.6 is 11.8 Å². The third-order valence-electron chi connectivity index (χ3n) is 4.73. The van der Waals surface area contributed by atoms with Crippen LogP contribution in [0.25, 0.3) is 11.3 Å². The molecule has 0 radical (unpaired) electrons. The van der Waals surface area contributed by atoms with Gasteiger partial charge >= 0.3 is 0 Å². The number of nitrogens with zero attached hydrogens (tertiary/aromatic N) is 2. The molecular formula is C24H21FN4O3S. The summed E-state index contributed by atoms with van der Waals surface area (Å²) in [7, 11) is 0. The highest BCUT2D eigenvalue weighted by molar-refractivity contribution is 7.99. The zero-order valence-corrected chi connectivity index (χ0v) is 18.3. The zero-order valence-electron chi connectivity index (χ0n) is 17.5. The van der Waals surface area contributed by atoms with Crippen LogP contribution in [0.3, 0.4) is 0 Å². The average Bonchev–Trinajstić information content (AvgIpc) is 3.48. The molecule has 2 amide bonds. The Morgan fingerprint density at radius 3 is 2.45 bits per heavy atom. The molecule has 0 fully saturated rings. The number of thioether (sulfide) groups is 1. The number of amides is 2. The minimum absolute atomic E-state index is 0.0453. The van der Waals surface area contributed by atoms with Gasteiger partial charge in [0.15, 0.2) is 5.16 Å². The van der Waals surface area contributed by atoms with E-state index in [9.17, 15) is 14.0 Å². The van der Waals surface area contributed by atoms with Gasteiger partial charge in [-0.3, -0.25) is 20.4 Å². The quantitative estimate of drug-likeness (QED) is 0.306. The molecule has 0 aliphatic rings. The van der Waals surface area contributed by atoms with Gasteiger partial charge in [0, 0.05) is 0 Å². The van der Waals surface area contributed by atoms with Crippen LogP contribution in [-0.2, 0) is 22.6 Å². The Morgan fingerprint density at radius 1 is 0.970 bits per heavy atom. The molecule has 0 aliphatic heterocycles. The van der Waals surface area contributed by atoms with Crippen LogP contribution in [0.2, 0.25) is 0 Å². The topological polar surface area (TPSA) is 89.2 Å². The van der Waals surface area contributed by atoms with Crippen molar-refractivity contribution in [3.63, 3.8) is 0 Å². The fourth-order valence-electron chi connectivity index (χ4n) is 3.17. The van der Waals surface area contributed by atoms with Crippen LogP contribution < -0.4 is 10.9 Å². The number of carbonyl (C=O) groups is 2. The maximum atomic E-state index is 13.4.